The predicted molar refractivity (Wildman–Crippen MR) is 98.7 cm³/mol. The van der Waals surface area contributed by atoms with Crippen LogP contribution in [0.2, 0.25) is 5.02 Å². The number of nitro groups is 1. The molecule has 1 N–H and O–H groups in total. The Balaban J connectivity index is 1.88. The number of aromatic nitrogens is 2. The normalized spacial score (nSPS) is 10.4. The van der Waals surface area contributed by atoms with Crippen LogP contribution in [0.4, 0.5) is 11.5 Å². The van der Waals surface area contributed by atoms with Crippen LogP contribution >= 0.6 is 11.6 Å². The summed E-state index contributed by atoms with van der Waals surface area (Å²) in [5.41, 5.74) is 1.44. The third-order valence-electron chi connectivity index (χ3n) is 3.62. The first-order chi connectivity index (χ1) is 12.5. The molecule has 7 nitrogen and oxygen atoms in total. The van der Waals surface area contributed by atoms with Gasteiger partial charge in [-0.1, -0.05) is 41.9 Å². The van der Waals surface area contributed by atoms with E-state index in [9.17, 15) is 10.1 Å². The highest BCUT2D eigenvalue weighted by Crippen LogP contribution is 2.35. The maximum absolute atomic E-state index is 11.5. The lowest BCUT2D eigenvalue weighted by molar-refractivity contribution is -0.385. The van der Waals surface area contributed by atoms with Gasteiger partial charge in [0.15, 0.2) is 0 Å². The van der Waals surface area contributed by atoms with Gasteiger partial charge in [0, 0.05) is 11.6 Å². The second-order valence-corrected chi connectivity index (χ2v) is 5.89. The van der Waals surface area contributed by atoms with Crippen LogP contribution in [0.3, 0.4) is 0 Å². The lowest BCUT2D eigenvalue weighted by atomic mass is 10.2. The molecule has 0 saturated carbocycles. The average Bonchev–Trinajstić information content (AvgIpc) is 2.64. The Morgan fingerprint density at radius 1 is 1.19 bits per heavy atom. The number of nitrogens with one attached hydrogen (secondary N) is 1. The highest BCUT2D eigenvalue weighted by Gasteiger charge is 2.25. The van der Waals surface area contributed by atoms with E-state index in [1.165, 1.54) is 6.33 Å². The maximum Gasteiger partial charge on any atom is 0.373 e. The van der Waals surface area contributed by atoms with Crippen molar-refractivity contribution in [1.82, 2.24) is 9.97 Å². The lowest BCUT2D eigenvalue weighted by Gasteiger charge is -2.10. The minimum atomic E-state index is -0.564. The molecule has 132 valence electrons. The van der Waals surface area contributed by atoms with E-state index in [2.05, 4.69) is 15.3 Å². The van der Waals surface area contributed by atoms with Crippen LogP contribution in [-0.4, -0.2) is 14.9 Å². The van der Waals surface area contributed by atoms with Gasteiger partial charge in [-0.15, -0.1) is 0 Å². The van der Waals surface area contributed by atoms with E-state index in [0.29, 0.717) is 17.3 Å². The summed E-state index contributed by atoms with van der Waals surface area (Å²) in [5, 5.41) is 15.1. The molecule has 0 spiro atoms. The fourth-order valence-electron chi connectivity index (χ4n) is 2.31. The van der Waals surface area contributed by atoms with Crippen molar-refractivity contribution in [2.75, 3.05) is 5.32 Å². The first-order valence-corrected chi connectivity index (χ1v) is 8.13. The molecule has 0 saturated heterocycles. The molecule has 0 fully saturated rings. The van der Waals surface area contributed by atoms with E-state index in [4.69, 9.17) is 16.3 Å². The minimum Gasteiger partial charge on any atom is -0.434 e. The topological polar surface area (TPSA) is 90.2 Å². The predicted octanol–water partition coefficient (Wildman–Crippen LogP) is 4.75. The standard InChI is InChI=1S/C18H15ClN4O3/c1-12-9-14(7-8-15(12)19)26-18-16(23(24)25)17(21-11-22-18)20-10-13-5-3-2-4-6-13/h2-9,11H,10H2,1H3,(H,20,21,22). The number of nitrogens with zero attached hydrogens (tertiary/aromatic N) is 3. The zero-order chi connectivity index (χ0) is 18.5. The smallest absolute Gasteiger partial charge is 0.373 e. The molecule has 8 heteroatoms. The third kappa shape index (κ3) is 4.07. The number of hydrogen-bond acceptors (Lipinski definition) is 6. The van der Waals surface area contributed by atoms with Crippen LogP contribution in [0, 0.1) is 17.0 Å². The highest BCUT2D eigenvalue weighted by molar-refractivity contribution is 6.31. The van der Waals surface area contributed by atoms with E-state index in [1.807, 2.05) is 37.3 Å². The van der Waals surface area contributed by atoms with Crippen molar-refractivity contribution in [2.24, 2.45) is 0 Å². The minimum absolute atomic E-state index is 0.0922. The number of aryl methyl sites for hydroxylation is 1. The number of hydrogen-bond donors (Lipinski definition) is 1. The van der Waals surface area contributed by atoms with Gasteiger partial charge >= 0.3 is 11.6 Å². The molecule has 0 bridgehead atoms. The van der Waals surface area contributed by atoms with Crippen molar-refractivity contribution in [3.8, 4) is 11.6 Å². The Labute approximate surface area is 154 Å². The van der Waals surface area contributed by atoms with Gasteiger partial charge in [-0.05, 0) is 36.2 Å². The van der Waals surface area contributed by atoms with Crippen LogP contribution in [0.1, 0.15) is 11.1 Å². The molecule has 0 aliphatic rings. The summed E-state index contributed by atoms with van der Waals surface area (Å²) in [6.45, 7) is 2.20. The van der Waals surface area contributed by atoms with Gasteiger partial charge in [0.25, 0.3) is 0 Å². The van der Waals surface area contributed by atoms with Crippen LogP contribution in [0.25, 0.3) is 0 Å². The molecule has 0 aliphatic carbocycles. The second kappa shape index (κ2) is 7.79. The number of benzene rings is 2. The van der Waals surface area contributed by atoms with Gasteiger partial charge in [0.05, 0.1) is 4.92 Å². The van der Waals surface area contributed by atoms with Crippen molar-refractivity contribution in [2.45, 2.75) is 13.5 Å². The van der Waals surface area contributed by atoms with E-state index in [0.717, 1.165) is 11.1 Å². The van der Waals surface area contributed by atoms with Crippen molar-refractivity contribution in [1.29, 1.82) is 0 Å². The Bertz CT molecular complexity index is 935. The summed E-state index contributed by atoms with van der Waals surface area (Å²) in [6, 6.07) is 14.5. The van der Waals surface area contributed by atoms with Crippen molar-refractivity contribution >= 4 is 23.1 Å². The summed E-state index contributed by atoms with van der Waals surface area (Å²) < 4.78 is 5.61. The first kappa shape index (κ1) is 17.6. The number of anilines is 1. The molecule has 1 heterocycles. The molecular weight excluding hydrogens is 356 g/mol. The lowest BCUT2D eigenvalue weighted by Crippen LogP contribution is -2.07. The van der Waals surface area contributed by atoms with Crippen LogP contribution in [0.15, 0.2) is 54.9 Å². The van der Waals surface area contributed by atoms with Gasteiger partial charge in [-0.3, -0.25) is 10.1 Å². The fraction of sp³-hybridized carbons (Fsp3) is 0.111. The first-order valence-electron chi connectivity index (χ1n) is 7.76. The second-order valence-electron chi connectivity index (χ2n) is 5.49. The molecule has 0 amide bonds. The van der Waals surface area contributed by atoms with Gasteiger partial charge < -0.3 is 10.1 Å². The zero-order valence-electron chi connectivity index (χ0n) is 13.8. The summed E-state index contributed by atoms with van der Waals surface area (Å²) in [7, 11) is 0. The Hall–Kier alpha value is -3.19. The Morgan fingerprint density at radius 3 is 2.65 bits per heavy atom. The third-order valence-corrected chi connectivity index (χ3v) is 4.04. The Kier molecular flexibility index (Phi) is 5.28. The Morgan fingerprint density at radius 2 is 1.96 bits per heavy atom. The molecule has 3 aromatic rings. The van der Waals surface area contributed by atoms with Crippen LogP contribution in [0.5, 0.6) is 11.6 Å². The van der Waals surface area contributed by atoms with E-state index in [-0.39, 0.29) is 17.4 Å². The molecule has 3 rings (SSSR count). The molecule has 0 aliphatic heterocycles. The molecule has 0 unspecified atom stereocenters. The van der Waals surface area contributed by atoms with Gasteiger partial charge in [-0.25, -0.2) is 4.98 Å². The van der Waals surface area contributed by atoms with Gasteiger partial charge in [-0.2, -0.15) is 4.98 Å². The van der Waals surface area contributed by atoms with Crippen molar-refractivity contribution < 1.29 is 9.66 Å². The summed E-state index contributed by atoms with van der Waals surface area (Å²) in [4.78, 5) is 18.9. The molecule has 0 radical (unpaired) electrons. The molecule has 2 aromatic carbocycles. The van der Waals surface area contributed by atoms with Crippen molar-refractivity contribution in [3.05, 3.63) is 81.1 Å². The summed E-state index contributed by atoms with van der Waals surface area (Å²) in [6.07, 6.45) is 1.22. The van der Waals surface area contributed by atoms with Crippen LogP contribution in [-0.2, 0) is 6.54 Å². The molecule has 0 atom stereocenters. The summed E-state index contributed by atoms with van der Waals surface area (Å²) >= 11 is 5.99. The monoisotopic (exact) mass is 370 g/mol. The summed E-state index contributed by atoms with van der Waals surface area (Å²) in [5.74, 6) is 0.361. The SMILES string of the molecule is Cc1cc(Oc2ncnc(NCc3ccccc3)c2[N+](=O)[O-])ccc1Cl. The van der Waals surface area contributed by atoms with E-state index >= 15 is 0 Å². The number of ether oxygens (including phenoxy) is 1. The molecule has 1 aromatic heterocycles. The molecule has 26 heavy (non-hydrogen) atoms. The maximum atomic E-state index is 11.5. The van der Waals surface area contributed by atoms with Crippen molar-refractivity contribution in [3.63, 3.8) is 0 Å². The number of halogens is 1. The van der Waals surface area contributed by atoms with Gasteiger partial charge in [0.2, 0.25) is 5.82 Å². The highest BCUT2D eigenvalue weighted by atomic mass is 35.5. The molecular formula is C18H15ClN4O3. The quantitative estimate of drug-likeness (QED) is 0.497. The van der Waals surface area contributed by atoms with Gasteiger partial charge in [0.1, 0.15) is 12.1 Å². The largest absolute Gasteiger partial charge is 0.434 e. The number of rotatable bonds is 6. The zero-order valence-corrected chi connectivity index (χ0v) is 14.6. The van der Waals surface area contributed by atoms with E-state index < -0.39 is 4.92 Å². The fourth-order valence-corrected chi connectivity index (χ4v) is 2.42. The average molecular weight is 371 g/mol. The van der Waals surface area contributed by atoms with Crippen LogP contribution < -0.4 is 10.1 Å². The van der Waals surface area contributed by atoms with E-state index in [1.54, 1.807) is 18.2 Å².